The monoisotopic (exact) mass is 361 g/mol. The lowest BCUT2D eigenvalue weighted by Gasteiger charge is -2.24. The second-order valence-corrected chi connectivity index (χ2v) is 7.46. The first kappa shape index (κ1) is 15.9. The minimum atomic E-state index is -3.89. The first-order valence-corrected chi connectivity index (χ1v) is 9.12. The Morgan fingerprint density at radius 3 is 3.04 bits per heavy atom. The second-order valence-electron chi connectivity index (χ2n) is 5.77. The molecule has 0 aliphatic carbocycles. The Morgan fingerprint density at radius 2 is 2.20 bits per heavy atom. The number of aryl methyl sites for hydroxylation is 1. The average molecular weight is 361 g/mol. The van der Waals surface area contributed by atoms with Gasteiger partial charge in [-0.25, -0.2) is 13.4 Å². The van der Waals surface area contributed by atoms with Gasteiger partial charge in [0.25, 0.3) is 15.7 Å². The fourth-order valence-corrected chi connectivity index (χ4v) is 3.80. The Labute approximate surface area is 143 Å². The van der Waals surface area contributed by atoms with Gasteiger partial charge in [-0.05, 0) is 19.1 Å². The lowest BCUT2D eigenvalue weighted by atomic mass is 10.0. The third-order valence-corrected chi connectivity index (χ3v) is 5.41. The smallest absolute Gasteiger partial charge is 0.263 e. The van der Waals surface area contributed by atoms with Crippen LogP contribution in [0.3, 0.4) is 0 Å². The predicted molar refractivity (Wildman–Crippen MR) is 88.9 cm³/mol. The molecule has 3 heterocycles. The Hall–Kier alpha value is -2.65. The standard InChI is InChI=1S/C16H15N3O5S/c1-9-12-7-10(8-17-16(12)24-18-9)25(21,22)19-13-4-2-3-11-14(20)5-6-23-15(11)13/h2-4,7-8,14,19-20H,5-6H2,1H3. The minimum Gasteiger partial charge on any atom is -0.491 e. The molecule has 0 spiro atoms. The van der Waals surface area contributed by atoms with Gasteiger partial charge in [-0.1, -0.05) is 17.3 Å². The van der Waals surface area contributed by atoms with Crippen molar-refractivity contribution in [3.05, 3.63) is 41.7 Å². The highest BCUT2D eigenvalue weighted by molar-refractivity contribution is 7.92. The SMILES string of the molecule is Cc1noc2ncc(S(=O)(=O)Nc3cccc4c3OCCC4O)cc12. The van der Waals surface area contributed by atoms with E-state index in [-0.39, 0.29) is 16.3 Å². The second kappa shape index (κ2) is 5.71. The maximum absolute atomic E-state index is 12.7. The molecule has 2 N–H and O–H groups in total. The van der Waals surface area contributed by atoms with E-state index >= 15 is 0 Å². The Balaban J connectivity index is 1.74. The summed E-state index contributed by atoms with van der Waals surface area (Å²) in [6.07, 6.45) is 1.00. The van der Waals surface area contributed by atoms with E-state index in [1.807, 2.05) is 0 Å². The van der Waals surface area contributed by atoms with Gasteiger partial charge in [-0.15, -0.1) is 0 Å². The molecule has 0 radical (unpaired) electrons. The fraction of sp³-hybridized carbons (Fsp3) is 0.250. The number of fused-ring (bicyclic) bond motifs is 2. The van der Waals surface area contributed by atoms with Crippen LogP contribution in [0.5, 0.6) is 5.75 Å². The first-order chi connectivity index (χ1) is 12.0. The van der Waals surface area contributed by atoms with Crippen LogP contribution < -0.4 is 9.46 Å². The molecule has 0 fully saturated rings. The summed E-state index contributed by atoms with van der Waals surface area (Å²) in [6.45, 7) is 2.03. The number of para-hydroxylation sites is 1. The number of hydrogen-bond donors (Lipinski definition) is 2. The summed E-state index contributed by atoms with van der Waals surface area (Å²) < 4.78 is 38.5. The largest absolute Gasteiger partial charge is 0.491 e. The molecule has 0 bridgehead atoms. The van der Waals surface area contributed by atoms with Crippen LogP contribution in [0, 0.1) is 6.92 Å². The first-order valence-electron chi connectivity index (χ1n) is 7.64. The normalized spacial score (nSPS) is 17.1. The van der Waals surface area contributed by atoms with Crippen molar-refractivity contribution in [1.29, 1.82) is 0 Å². The summed E-state index contributed by atoms with van der Waals surface area (Å²) in [7, 11) is -3.89. The van der Waals surface area contributed by atoms with E-state index in [4.69, 9.17) is 9.26 Å². The van der Waals surface area contributed by atoms with Crippen LogP contribution in [0.25, 0.3) is 11.1 Å². The minimum absolute atomic E-state index is 0.0136. The molecule has 1 aliphatic rings. The number of benzene rings is 1. The van der Waals surface area contributed by atoms with Crippen LogP contribution in [0.15, 0.2) is 39.9 Å². The molecule has 1 unspecified atom stereocenters. The van der Waals surface area contributed by atoms with Crippen LogP contribution in [0.1, 0.15) is 23.8 Å². The molecular formula is C16H15N3O5S. The van der Waals surface area contributed by atoms with E-state index in [0.29, 0.717) is 35.4 Å². The molecule has 0 amide bonds. The number of rotatable bonds is 3. The number of nitrogens with zero attached hydrogens (tertiary/aromatic N) is 2. The van der Waals surface area contributed by atoms with Gasteiger partial charge < -0.3 is 14.4 Å². The Kier molecular flexibility index (Phi) is 3.62. The highest BCUT2D eigenvalue weighted by atomic mass is 32.2. The zero-order chi connectivity index (χ0) is 17.6. The molecule has 0 saturated carbocycles. The van der Waals surface area contributed by atoms with E-state index in [1.54, 1.807) is 25.1 Å². The summed E-state index contributed by atoms with van der Waals surface area (Å²) in [5.41, 5.74) is 1.68. The number of sulfonamides is 1. The summed E-state index contributed by atoms with van der Waals surface area (Å²) in [5, 5.41) is 14.3. The number of aliphatic hydroxyl groups is 1. The molecule has 25 heavy (non-hydrogen) atoms. The van der Waals surface area contributed by atoms with E-state index in [9.17, 15) is 13.5 Å². The quantitative estimate of drug-likeness (QED) is 0.734. The lowest BCUT2D eigenvalue weighted by molar-refractivity contribution is 0.116. The van der Waals surface area contributed by atoms with Crippen LogP contribution in [0.4, 0.5) is 5.69 Å². The number of aromatic nitrogens is 2. The van der Waals surface area contributed by atoms with Crippen LogP contribution >= 0.6 is 0 Å². The van der Waals surface area contributed by atoms with Crippen LogP contribution in [0.2, 0.25) is 0 Å². The van der Waals surface area contributed by atoms with Crippen molar-refractivity contribution in [2.45, 2.75) is 24.3 Å². The molecule has 4 rings (SSSR count). The molecule has 9 heteroatoms. The van der Waals surface area contributed by atoms with E-state index < -0.39 is 16.1 Å². The van der Waals surface area contributed by atoms with E-state index in [0.717, 1.165) is 0 Å². The molecule has 1 aromatic carbocycles. The zero-order valence-electron chi connectivity index (χ0n) is 13.3. The summed E-state index contributed by atoms with van der Waals surface area (Å²) >= 11 is 0. The lowest BCUT2D eigenvalue weighted by Crippen LogP contribution is -2.18. The molecule has 130 valence electrons. The fourth-order valence-electron chi connectivity index (χ4n) is 2.76. The number of hydrogen-bond acceptors (Lipinski definition) is 7. The highest BCUT2D eigenvalue weighted by Crippen LogP contribution is 2.38. The number of anilines is 1. The number of pyridine rings is 1. The van der Waals surface area contributed by atoms with Crippen LogP contribution in [-0.2, 0) is 10.0 Å². The van der Waals surface area contributed by atoms with Gasteiger partial charge in [0, 0.05) is 12.0 Å². The molecular weight excluding hydrogens is 346 g/mol. The van der Waals surface area contributed by atoms with Gasteiger partial charge in [0.15, 0.2) is 0 Å². The van der Waals surface area contributed by atoms with Gasteiger partial charge in [0.2, 0.25) is 0 Å². The number of aliphatic hydroxyl groups excluding tert-OH is 1. The molecule has 1 aliphatic heterocycles. The maximum Gasteiger partial charge on any atom is 0.263 e. The summed E-state index contributed by atoms with van der Waals surface area (Å²) in [6, 6.07) is 6.43. The van der Waals surface area contributed by atoms with Gasteiger partial charge in [0.05, 0.1) is 35.7 Å². The zero-order valence-corrected chi connectivity index (χ0v) is 14.1. The number of nitrogens with one attached hydrogen (secondary N) is 1. The van der Waals surface area contributed by atoms with Crippen molar-refractivity contribution in [2.75, 3.05) is 11.3 Å². The van der Waals surface area contributed by atoms with Crippen molar-refractivity contribution < 1.29 is 22.8 Å². The van der Waals surface area contributed by atoms with Crippen molar-refractivity contribution in [1.82, 2.24) is 10.1 Å². The van der Waals surface area contributed by atoms with Gasteiger partial charge >= 0.3 is 0 Å². The third-order valence-electron chi connectivity index (χ3n) is 4.08. The predicted octanol–water partition coefficient (Wildman–Crippen LogP) is 2.15. The van der Waals surface area contributed by atoms with Crippen molar-refractivity contribution >= 4 is 26.8 Å². The Morgan fingerprint density at radius 1 is 1.36 bits per heavy atom. The molecule has 0 saturated heterocycles. The van der Waals surface area contributed by atoms with Gasteiger partial charge in [0.1, 0.15) is 10.6 Å². The third kappa shape index (κ3) is 2.71. The molecule has 2 aromatic heterocycles. The van der Waals surface area contributed by atoms with Gasteiger partial charge in [-0.2, -0.15) is 0 Å². The van der Waals surface area contributed by atoms with Crippen molar-refractivity contribution in [3.8, 4) is 5.75 Å². The van der Waals surface area contributed by atoms with E-state index in [1.165, 1.54) is 12.3 Å². The van der Waals surface area contributed by atoms with Gasteiger partial charge in [-0.3, -0.25) is 4.72 Å². The summed E-state index contributed by atoms with van der Waals surface area (Å²) in [5.74, 6) is 0.347. The van der Waals surface area contributed by atoms with Crippen molar-refractivity contribution in [2.24, 2.45) is 0 Å². The van der Waals surface area contributed by atoms with Crippen molar-refractivity contribution in [3.63, 3.8) is 0 Å². The maximum atomic E-state index is 12.7. The Bertz CT molecular complexity index is 1060. The topological polar surface area (TPSA) is 115 Å². The van der Waals surface area contributed by atoms with E-state index in [2.05, 4.69) is 14.9 Å². The summed E-state index contributed by atoms with van der Waals surface area (Å²) in [4.78, 5) is 3.98. The average Bonchev–Trinajstić information content (AvgIpc) is 2.96. The number of ether oxygens (including phenoxy) is 1. The highest BCUT2D eigenvalue weighted by Gasteiger charge is 2.25. The molecule has 1 atom stereocenters. The molecule has 3 aromatic rings. The van der Waals surface area contributed by atoms with Crippen LogP contribution in [-0.4, -0.2) is 30.3 Å². The molecule has 8 nitrogen and oxygen atoms in total.